The molecular weight excluding hydrogens is 402 g/mol. The number of nitrogens with zero attached hydrogens (tertiary/aromatic N) is 5. The molecule has 5 nitrogen and oxygen atoms in total. The van der Waals surface area contributed by atoms with Crippen LogP contribution in [-0.4, -0.2) is 45.4 Å². The number of hydrogen-bond donors (Lipinski definition) is 0. The Bertz CT molecular complexity index is 1110. The minimum atomic E-state index is 0.719. The summed E-state index contributed by atoms with van der Waals surface area (Å²) in [6.45, 7) is 4.93. The van der Waals surface area contributed by atoms with Crippen molar-refractivity contribution in [1.29, 1.82) is 0 Å². The van der Waals surface area contributed by atoms with Crippen LogP contribution in [0.2, 0.25) is 5.02 Å². The summed E-state index contributed by atoms with van der Waals surface area (Å²) in [6.07, 6.45) is 1.65. The maximum atomic E-state index is 6.03. The van der Waals surface area contributed by atoms with Gasteiger partial charge < -0.3 is 4.90 Å². The van der Waals surface area contributed by atoms with Gasteiger partial charge in [0.05, 0.1) is 0 Å². The molecule has 3 heterocycles. The van der Waals surface area contributed by atoms with Crippen LogP contribution in [0.15, 0.2) is 60.9 Å². The Morgan fingerprint density at radius 1 is 0.897 bits per heavy atom. The molecule has 1 fully saturated rings. The van der Waals surface area contributed by atoms with E-state index in [0.717, 1.165) is 65.0 Å². The number of rotatable bonds is 4. The molecule has 1 saturated heterocycles. The Kier molecular flexibility index (Phi) is 5.14. The van der Waals surface area contributed by atoms with Crippen LogP contribution < -0.4 is 4.90 Å². The predicted molar refractivity (Wildman–Crippen MR) is 120 cm³/mol. The summed E-state index contributed by atoms with van der Waals surface area (Å²) < 4.78 is 5.73. The van der Waals surface area contributed by atoms with E-state index in [1.54, 1.807) is 6.33 Å². The van der Waals surface area contributed by atoms with E-state index in [1.807, 2.05) is 24.3 Å². The predicted octanol–water partition coefficient (Wildman–Crippen LogP) is 4.73. The van der Waals surface area contributed by atoms with E-state index in [2.05, 4.69) is 54.5 Å². The van der Waals surface area contributed by atoms with Crippen LogP contribution in [0.5, 0.6) is 0 Å². The van der Waals surface area contributed by atoms with Crippen molar-refractivity contribution >= 4 is 39.2 Å². The van der Waals surface area contributed by atoms with E-state index < -0.39 is 0 Å². The topological polar surface area (TPSA) is 45.2 Å². The van der Waals surface area contributed by atoms with Crippen molar-refractivity contribution in [3.63, 3.8) is 0 Å². The maximum absolute atomic E-state index is 6.03. The van der Waals surface area contributed by atoms with Crippen molar-refractivity contribution in [2.24, 2.45) is 0 Å². The van der Waals surface area contributed by atoms with Crippen LogP contribution >= 0.6 is 23.1 Å². The maximum Gasteiger partial charge on any atom is 0.151 e. The number of hydrogen-bond acceptors (Lipinski definition) is 6. The third-order valence-electron chi connectivity index (χ3n) is 5.28. The van der Waals surface area contributed by atoms with Gasteiger partial charge in [-0.05, 0) is 29.2 Å². The minimum absolute atomic E-state index is 0.719. The van der Waals surface area contributed by atoms with Crippen LogP contribution in [0, 0.1) is 0 Å². The van der Waals surface area contributed by atoms with Crippen molar-refractivity contribution < 1.29 is 0 Å². The second-order valence-electron chi connectivity index (χ2n) is 7.16. The van der Waals surface area contributed by atoms with Crippen molar-refractivity contribution in [2.45, 2.75) is 6.54 Å². The van der Waals surface area contributed by atoms with Gasteiger partial charge in [0.1, 0.15) is 22.2 Å². The number of aromatic nitrogens is 3. The third-order valence-corrected chi connectivity index (χ3v) is 6.36. The van der Waals surface area contributed by atoms with Crippen molar-refractivity contribution in [3.8, 4) is 11.3 Å². The lowest BCUT2D eigenvalue weighted by Crippen LogP contribution is -2.46. The van der Waals surface area contributed by atoms with Gasteiger partial charge in [0, 0.05) is 43.3 Å². The third kappa shape index (κ3) is 3.83. The monoisotopic (exact) mass is 421 g/mol. The van der Waals surface area contributed by atoms with Crippen LogP contribution in [0.4, 0.5) is 5.82 Å². The highest BCUT2D eigenvalue weighted by Crippen LogP contribution is 2.34. The number of halogens is 1. The number of anilines is 1. The summed E-state index contributed by atoms with van der Waals surface area (Å²) >= 11 is 7.50. The van der Waals surface area contributed by atoms with Crippen molar-refractivity contribution in [3.05, 3.63) is 71.5 Å². The van der Waals surface area contributed by atoms with Crippen LogP contribution in [-0.2, 0) is 6.54 Å². The largest absolute Gasteiger partial charge is 0.353 e. The summed E-state index contributed by atoms with van der Waals surface area (Å²) in [5.74, 6) is 0.993. The van der Waals surface area contributed by atoms with Crippen LogP contribution in [0.3, 0.4) is 0 Å². The van der Waals surface area contributed by atoms with Crippen LogP contribution in [0.1, 0.15) is 5.56 Å². The van der Waals surface area contributed by atoms with E-state index in [4.69, 9.17) is 11.6 Å². The van der Waals surface area contributed by atoms with E-state index in [0.29, 0.717) is 0 Å². The molecule has 146 valence electrons. The van der Waals surface area contributed by atoms with E-state index >= 15 is 0 Å². The normalized spacial score (nSPS) is 15.1. The number of benzene rings is 2. The quantitative estimate of drug-likeness (QED) is 0.476. The standard InChI is InChI=1S/C22H20ClN5S/c23-18-8-6-17(7-9-18)19-20-21(29-26-19)22(25-15-24-20)28-12-10-27(11-13-28)14-16-4-2-1-3-5-16/h1-9,15H,10-14H2. The molecule has 29 heavy (non-hydrogen) atoms. The molecule has 0 radical (unpaired) electrons. The highest BCUT2D eigenvalue weighted by Gasteiger charge is 2.22. The van der Waals surface area contributed by atoms with Crippen LogP contribution in [0.25, 0.3) is 21.5 Å². The highest BCUT2D eigenvalue weighted by atomic mass is 35.5. The fourth-order valence-electron chi connectivity index (χ4n) is 3.73. The molecule has 0 aliphatic carbocycles. The molecule has 0 bridgehead atoms. The van der Waals surface area contributed by atoms with Crippen molar-refractivity contribution in [1.82, 2.24) is 19.2 Å². The minimum Gasteiger partial charge on any atom is -0.353 e. The first-order valence-corrected chi connectivity index (χ1v) is 10.8. The molecule has 0 amide bonds. The summed E-state index contributed by atoms with van der Waals surface area (Å²) in [6, 6.07) is 18.4. The lowest BCUT2D eigenvalue weighted by molar-refractivity contribution is 0.249. The Morgan fingerprint density at radius 2 is 1.66 bits per heavy atom. The highest BCUT2D eigenvalue weighted by molar-refractivity contribution is 7.14. The lowest BCUT2D eigenvalue weighted by atomic mass is 10.1. The average Bonchev–Trinajstić information content (AvgIpc) is 3.20. The Labute approximate surface area is 178 Å². The lowest BCUT2D eigenvalue weighted by Gasteiger charge is -2.35. The molecule has 1 aliphatic heterocycles. The SMILES string of the molecule is Clc1ccc(-c2nsc3c(N4CCN(Cc5ccccc5)CC4)ncnc23)cc1. The molecule has 0 unspecified atom stereocenters. The molecule has 4 aromatic rings. The average molecular weight is 422 g/mol. The molecule has 0 N–H and O–H groups in total. The van der Waals surface area contributed by atoms with E-state index in [1.165, 1.54) is 17.1 Å². The van der Waals surface area contributed by atoms with Gasteiger partial charge in [0.25, 0.3) is 0 Å². The summed E-state index contributed by atoms with van der Waals surface area (Å²) in [5.41, 5.74) is 4.19. The molecule has 1 aliphatic rings. The van der Waals surface area contributed by atoms with Gasteiger partial charge in [-0.2, -0.15) is 4.37 Å². The number of fused-ring (bicyclic) bond motifs is 1. The fourth-order valence-corrected chi connectivity index (χ4v) is 4.73. The molecule has 0 atom stereocenters. The van der Waals surface area contributed by atoms with Gasteiger partial charge in [-0.1, -0.05) is 54.1 Å². The zero-order valence-electron chi connectivity index (χ0n) is 15.8. The summed E-state index contributed by atoms with van der Waals surface area (Å²) in [5, 5.41) is 0.719. The Hall–Kier alpha value is -2.54. The molecule has 2 aromatic heterocycles. The molecule has 7 heteroatoms. The second kappa shape index (κ2) is 8.06. The van der Waals surface area contributed by atoms with Gasteiger partial charge in [-0.3, -0.25) is 4.90 Å². The summed E-state index contributed by atoms with van der Waals surface area (Å²) in [7, 11) is 0. The Morgan fingerprint density at radius 3 is 2.41 bits per heavy atom. The summed E-state index contributed by atoms with van der Waals surface area (Å²) in [4.78, 5) is 14.0. The first-order valence-electron chi connectivity index (χ1n) is 9.65. The van der Waals surface area contributed by atoms with Gasteiger partial charge in [-0.15, -0.1) is 0 Å². The fraction of sp³-hybridized carbons (Fsp3) is 0.227. The molecule has 5 rings (SSSR count). The smallest absolute Gasteiger partial charge is 0.151 e. The number of piperazine rings is 1. The first-order chi connectivity index (χ1) is 14.3. The van der Waals surface area contributed by atoms with Gasteiger partial charge in [0.2, 0.25) is 0 Å². The zero-order valence-corrected chi connectivity index (χ0v) is 17.4. The molecular formula is C22H20ClN5S. The zero-order chi connectivity index (χ0) is 19.6. The molecule has 0 saturated carbocycles. The molecule has 2 aromatic carbocycles. The van der Waals surface area contributed by atoms with Gasteiger partial charge in [-0.25, -0.2) is 9.97 Å². The molecule has 0 spiro atoms. The second-order valence-corrected chi connectivity index (χ2v) is 8.37. The van der Waals surface area contributed by atoms with Crippen molar-refractivity contribution in [2.75, 3.05) is 31.1 Å². The van der Waals surface area contributed by atoms with Gasteiger partial charge in [0.15, 0.2) is 5.82 Å². The van der Waals surface area contributed by atoms with Gasteiger partial charge >= 0.3 is 0 Å². The van der Waals surface area contributed by atoms with E-state index in [-0.39, 0.29) is 0 Å². The van der Waals surface area contributed by atoms with E-state index in [9.17, 15) is 0 Å². The Balaban J connectivity index is 1.35. The first kappa shape index (κ1) is 18.5.